The summed E-state index contributed by atoms with van der Waals surface area (Å²) >= 11 is 7.28. The van der Waals surface area contributed by atoms with Crippen molar-refractivity contribution >= 4 is 29.7 Å². The molecule has 0 aliphatic heterocycles. The van der Waals surface area contributed by atoms with Gasteiger partial charge >= 0.3 is 35.6 Å². The number of hydrogen-bond donors (Lipinski definition) is 0. The smallest absolute Gasteiger partial charge is 0.850 e. The van der Waals surface area contributed by atoms with Crippen LogP contribution in [0.15, 0.2) is 0 Å². The Bertz CT molecular complexity index is 57.7. The van der Waals surface area contributed by atoms with Crippen LogP contribution in [0.4, 0.5) is 0 Å². The normalized spacial score (nSPS) is 9.83. The molecular weight excluding hydrogens is 266 g/mol. The first-order valence-corrected chi connectivity index (χ1v) is 4.38. The van der Waals surface area contributed by atoms with Gasteiger partial charge in [-0.25, -0.2) is 0 Å². The van der Waals surface area contributed by atoms with Gasteiger partial charge in [-0.15, -0.1) is 0 Å². The minimum absolute atomic E-state index is 0. The average Bonchev–Trinajstić information content (AvgIpc) is 0.722. The molecular formula is LaO2PS2. The van der Waals surface area contributed by atoms with Crippen LogP contribution < -0.4 is 9.79 Å². The first-order chi connectivity index (χ1) is 2.00. The minimum atomic E-state index is -3.72. The molecule has 6 heteroatoms. The minimum Gasteiger partial charge on any atom is -0.850 e. The second kappa shape index (κ2) is 4.04. The van der Waals surface area contributed by atoms with Crippen molar-refractivity contribution in [3.8, 4) is 0 Å². The fourth-order valence-corrected chi connectivity index (χ4v) is 0. The van der Waals surface area contributed by atoms with Crippen LogP contribution in [0, 0.1) is 35.6 Å². The number of rotatable bonds is 0. The Kier molecular flexibility index (Phi) is 7.40. The Balaban J connectivity index is 0. The molecule has 0 N–H and O–H groups in total. The maximum absolute atomic E-state index is 9.29. The van der Waals surface area contributed by atoms with Crippen molar-refractivity contribution in [1.29, 1.82) is 0 Å². The monoisotopic (exact) mass is 266 g/mol. The van der Waals surface area contributed by atoms with Gasteiger partial charge in [-0.2, -0.15) is 11.8 Å². The average molecular weight is 266 g/mol. The summed E-state index contributed by atoms with van der Waals surface area (Å²) in [6.45, 7) is 0. The van der Waals surface area contributed by atoms with Crippen LogP contribution in [0.25, 0.3) is 0 Å². The summed E-state index contributed by atoms with van der Waals surface area (Å²) in [4.78, 5) is 18.6. The van der Waals surface area contributed by atoms with Crippen molar-refractivity contribution in [2.24, 2.45) is 0 Å². The predicted molar refractivity (Wildman–Crippen MR) is 21.6 cm³/mol. The SMILES string of the molecule is [La+3].[O-]P([O-])(=S)[S-]. The molecule has 0 atom stereocenters. The zero-order valence-electron chi connectivity index (χ0n) is 2.66. The zero-order valence-corrected chi connectivity index (χ0v) is 8.81. The molecule has 0 radical (unpaired) electrons. The molecule has 2 nitrogen and oxygen atoms in total. The maximum Gasteiger partial charge on any atom is 3.00 e. The van der Waals surface area contributed by atoms with Gasteiger partial charge < -0.3 is 27.7 Å². The van der Waals surface area contributed by atoms with E-state index >= 15 is 0 Å². The van der Waals surface area contributed by atoms with Crippen LogP contribution in [0.1, 0.15) is 0 Å². The van der Waals surface area contributed by atoms with Gasteiger partial charge in [0.2, 0.25) is 0 Å². The van der Waals surface area contributed by atoms with E-state index in [0.29, 0.717) is 0 Å². The summed E-state index contributed by atoms with van der Waals surface area (Å²) in [5.74, 6) is 0. The molecule has 0 rings (SSSR count). The van der Waals surface area contributed by atoms with E-state index in [1.165, 1.54) is 0 Å². The number of hydrogen-bond acceptors (Lipinski definition) is 4. The van der Waals surface area contributed by atoms with Crippen molar-refractivity contribution in [2.75, 3.05) is 0 Å². The second-order valence-electron chi connectivity index (χ2n) is 0.447. The molecule has 0 aromatic heterocycles. The Morgan fingerprint density at radius 2 is 1.50 bits per heavy atom. The van der Waals surface area contributed by atoms with Crippen molar-refractivity contribution < 1.29 is 45.4 Å². The van der Waals surface area contributed by atoms with Crippen molar-refractivity contribution in [2.45, 2.75) is 0 Å². The summed E-state index contributed by atoms with van der Waals surface area (Å²) in [6, 6.07) is 0. The van der Waals surface area contributed by atoms with Gasteiger partial charge in [0, 0.05) is 0 Å². The molecule has 0 unspecified atom stereocenters. The topological polar surface area (TPSA) is 46.1 Å². The fraction of sp³-hybridized carbons (Fsp3) is 0. The van der Waals surface area contributed by atoms with Gasteiger partial charge in [0.25, 0.3) is 0 Å². The van der Waals surface area contributed by atoms with Gasteiger partial charge in [0.15, 0.2) is 0 Å². The van der Waals surface area contributed by atoms with Gasteiger partial charge in [0.05, 0.1) is 0 Å². The Morgan fingerprint density at radius 3 is 1.50 bits per heavy atom. The van der Waals surface area contributed by atoms with Crippen LogP contribution in [0.3, 0.4) is 0 Å². The molecule has 0 amide bonds. The summed E-state index contributed by atoms with van der Waals surface area (Å²) in [6.07, 6.45) is 0. The molecule has 0 aromatic carbocycles. The molecule has 0 aromatic rings. The van der Waals surface area contributed by atoms with Crippen molar-refractivity contribution in [3.63, 3.8) is 0 Å². The molecule has 0 aliphatic rings. The largest absolute Gasteiger partial charge is 3.00 e. The van der Waals surface area contributed by atoms with Gasteiger partial charge in [-0.3, -0.25) is 0 Å². The van der Waals surface area contributed by atoms with E-state index in [4.69, 9.17) is 0 Å². The van der Waals surface area contributed by atoms with E-state index < -0.39 is 5.69 Å². The van der Waals surface area contributed by atoms with E-state index in [-0.39, 0.29) is 35.6 Å². The third kappa shape index (κ3) is 35.8. The van der Waals surface area contributed by atoms with Gasteiger partial charge in [-0.1, -0.05) is 0 Å². The standard InChI is InChI=1S/La.H3O2PS2/c;1-3(2,4)5/h;(H3,1,2,4,5)/q+3;/p-3. The van der Waals surface area contributed by atoms with Crippen LogP contribution in [0.5, 0.6) is 0 Å². The van der Waals surface area contributed by atoms with E-state index in [0.717, 1.165) is 0 Å². The summed E-state index contributed by atoms with van der Waals surface area (Å²) in [7, 11) is 0. The van der Waals surface area contributed by atoms with Crippen molar-refractivity contribution in [3.05, 3.63) is 0 Å². The van der Waals surface area contributed by atoms with Crippen molar-refractivity contribution in [1.82, 2.24) is 0 Å². The third-order valence-electron chi connectivity index (χ3n) is 0. The summed E-state index contributed by atoms with van der Waals surface area (Å²) in [5, 5.41) is 0. The van der Waals surface area contributed by atoms with Crippen LogP contribution in [0.2, 0.25) is 0 Å². The Hall–Kier alpha value is 2.11. The molecule has 32 valence electrons. The van der Waals surface area contributed by atoms with Gasteiger partial charge in [-0.05, 0) is 0 Å². The first kappa shape index (κ1) is 11.0. The van der Waals surface area contributed by atoms with Crippen LogP contribution in [-0.2, 0) is 24.1 Å². The molecule has 0 saturated carbocycles. The molecule has 0 fully saturated rings. The molecule has 6 heavy (non-hydrogen) atoms. The Morgan fingerprint density at radius 1 is 1.50 bits per heavy atom. The van der Waals surface area contributed by atoms with E-state index in [9.17, 15) is 9.79 Å². The van der Waals surface area contributed by atoms with Crippen LogP contribution in [-0.4, -0.2) is 0 Å². The summed E-state index contributed by atoms with van der Waals surface area (Å²) < 4.78 is 0. The molecule has 0 aliphatic carbocycles. The second-order valence-corrected chi connectivity index (χ2v) is 4.92. The first-order valence-electron chi connectivity index (χ1n) is 0.730. The summed E-state index contributed by atoms with van der Waals surface area (Å²) in [5.41, 5.74) is -3.72. The molecule has 0 heterocycles. The quantitative estimate of drug-likeness (QED) is 0.394. The third-order valence-corrected chi connectivity index (χ3v) is 0. The fourth-order valence-electron chi connectivity index (χ4n) is 0. The zero-order chi connectivity index (χ0) is 4.50. The predicted octanol–water partition coefficient (Wildman–Crippen LogP) is -1.52. The maximum atomic E-state index is 9.29. The van der Waals surface area contributed by atoms with Crippen LogP contribution >= 0.6 is 5.69 Å². The molecule has 0 spiro atoms. The van der Waals surface area contributed by atoms with E-state index in [2.05, 4.69) is 24.1 Å². The van der Waals surface area contributed by atoms with Gasteiger partial charge in [0.1, 0.15) is 0 Å². The van der Waals surface area contributed by atoms with E-state index in [1.807, 2.05) is 0 Å². The van der Waals surface area contributed by atoms with E-state index in [1.54, 1.807) is 0 Å². The molecule has 0 saturated heterocycles. The Labute approximate surface area is 74.3 Å². The molecule has 0 bridgehead atoms.